The van der Waals surface area contributed by atoms with E-state index in [-0.39, 0.29) is 17.8 Å². The average Bonchev–Trinajstić information content (AvgIpc) is 3.37. The number of hydrogen-bond acceptors (Lipinski definition) is 3. The third kappa shape index (κ3) is 4.51. The zero-order chi connectivity index (χ0) is 22.0. The molecule has 8 heteroatoms. The predicted octanol–water partition coefficient (Wildman–Crippen LogP) is 4.71. The van der Waals surface area contributed by atoms with Gasteiger partial charge in [0.2, 0.25) is 0 Å². The van der Waals surface area contributed by atoms with Crippen molar-refractivity contribution in [2.75, 3.05) is 0 Å². The zero-order valence-corrected chi connectivity index (χ0v) is 17.8. The van der Waals surface area contributed by atoms with Gasteiger partial charge in [-0.1, -0.05) is 29.8 Å². The summed E-state index contributed by atoms with van der Waals surface area (Å²) in [5, 5.41) is 12.3. The Morgan fingerprint density at radius 3 is 2.61 bits per heavy atom. The van der Waals surface area contributed by atoms with Gasteiger partial charge in [0, 0.05) is 22.5 Å². The van der Waals surface area contributed by atoms with Gasteiger partial charge >= 0.3 is 0 Å². The van der Waals surface area contributed by atoms with Crippen LogP contribution in [0.1, 0.15) is 40.1 Å². The molecule has 31 heavy (non-hydrogen) atoms. The van der Waals surface area contributed by atoms with Gasteiger partial charge in [0.05, 0.1) is 36.2 Å². The largest absolute Gasteiger partial charge is 0.345 e. The molecular weight excluding hydrogens is 417 g/mol. The smallest absolute Gasteiger partial charge is 0.254 e. The summed E-state index contributed by atoms with van der Waals surface area (Å²) in [6.07, 6.45) is 4.94. The SMILES string of the molecule is Cc1c(C(C)NC(=O)c2cnn(Cc3ccccc3Cl)c2)cnn1-c1ccc(F)cc1. The van der Waals surface area contributed by atoms with E-state index in [2.05, 4.69) is 15.5 Å². The van der Waals surface area contributed by atoms with Crippen LogP contribution in [0.4, 0.5) is 4.39 Å². The van der Waals surface area contributed by atoms with Crippen molar-refractivity contribution in [1.82, 2.24) is 24.9 Å². The highest BCUT2D eigenvalue weighted by molar-refractivity contribution is 6.31. The second-order valence-corrected chi connectivity index (χ2v) is 7.69. The molecule has 0 spiro atoms. The topological polar surface area (TPSA) is 64.7 Å². The molecular formula is C23H21ClFN5O. The lowest BCUT2D eigenvalue weighted by Crippen LogP contribution is -2.26. The second kappa shape index (κ2) is 8.73. The minimum atomic E-state index is -0.301. The molecule has 0 saturated heterocycles. The molecule has 6 nitrogen and oxygen atoms in total. The quantitative estimate of drug-likeness (QED) is 0.475. The van der Waals surface area contributed by atoms with Crippen LogP contribution in [0.3, 0.4) is 0 Å². The Labute approximate surface area is 184 Å². The van der Waals surface area contributed by atoms with Crippen LogP contribution in [0.25, 0.3) is 5.69 Å². The van der Waals surface area contributed by atoms with E-state index in [4.69, 9.17) is 11.6 Å². The van der Waals surface area contributed by atoms with Crippen LogP contribution in [-0.4, -0.2) is 25.5 Å². The molecule has 0 fully saturated rings. The summed E-state index contributed by atoms with van der Waals surface area (Å²) >= 11 is 6.20. The average molecular weight is 438 g/mol. The summed E-state index contributed by atoms with van der Waals surface area (Å²) in [7, 11) is 0. The molecule has 1 N–H and O–H groups in total. The fourth-order valence-corrected chi connectivity index (χ4v) is 3.61. The Balaban J connectivity index is 1.45. The van der Waals surface area contributed by atoms with Gasteiger partial charge in [0.25, 0.3) is 5.91 Å². The first-order chi connectivity index (χ1) is 14.9. The minimum absolute atomic E-state index is 0.230. The first-order valence-corrected chi connectivity index (χ1v) is 10.2. The van der Waals surface area contributed by atoms with Crippen molar-refractivity contribution >= 4 is 17.5 Å². The Morgan fingerprint density at radius 1 is 1.13 bits per heavy atom. The van der Waals surface area contributed by atoms with Crippen molar-refractivity contribution in [3.8, 4) is 5.69 Å². The third-order valence-corrected chi connectivity index (χ3v) is 5.49. The number of amides is 1. The molecule has 4 rings (SSSR count). The van der Waals surface area contributed by atoms with E-state index in [1.165, 1.54) is 18.3 Å². The van der Waals surface area contributed by atoms with Crippen molar-refractivity contribution in [3.63, 3.8) is 0 Å². The van der Waals surface area contributed by atoms with E-state index in [1.807, 2.05) is 38.1 Å². The Hall–Kier alpha value is -3.45. The molecule has 0 aliphatic rings. The highest BCUT2D eigenvalue weighted by atomic mass is 35.5. The van der Waals surface area contributed by atoms with Gasteiger partial charge < -0.3 is 5.32 Å². The van der Waals surface area contributed by atoms with Crippen LogP contribution in [0, 0.1) is 12.7 Å². The summed E-state index contributed by atoms with van der Waals surface area (Å²) in [4.78, 5) is 12.7. The number of nitrogens with zero attached hydrogens (tertiary/aromatic N) is 4. The number of nitrogens with one attached hydrogen (secondary N) is 1. The van der Waals surface area contributed by atoms with Gasteiger partial charge in [-0.3, -0.25) is 9.48 Å². The van der Waals surface area contributed by atoms with Crippen molar-refractivity contribution in [2.45, 2.75) is 26.4 Å². The second-order valence-electron chi connectivity index (χ2n) is 7.29. The van der Waals surface area contributed by atoms with Gasteiger partial charge in [0.15, 0.2) is 0 Å². The normalized spacial score (nSPS) is 12.0. The zero-order valence-electron chi connectivity index (χ0n) is 17.1. The Bertz CT molecular complexity index is 1210. The molecule has 4 aromatic rings. The fraction of sp³-hybridized carbons (Fsp3) is 0.174. The summed E-state index contributed by atoms with van der Waals surface area (Å²) in [6, 6.07) is 13.4. The highest BCUT2D eigenvalue weighted by Crippen LogP contribution is 2.21. The minimum Gasteiger partial charge on any atom is -0.345 e. The molecule has 0 saturated carbocycles. The Morgan fingerprint density at radius 2 is 1.87 bits per heavy atom. The molecule has 1 atom stereocenters. The lowest BCUT2D eigenvalue weighted by atomic mass is 10.1. The van der Waals surface area contributed by atoms with E-state index in [9.17, 15) is 9.18 Å². The van der Waals surface area contributed by atoms with E-state index in [0.29, 0.717) is 17.1 Å². The summed E-state index contributed by atoms with van der Waals surface area (Å²) in [6.45, 7) is 4.28. The Kier molecular flexibility index (Phi) is 5.86. The first-order valence-electron chi connectivity index (χ1n) is 9.79. The number of carbonyl (C=O) groups excluding carboxylic acids is 1. The van der Waals surface area contributed by atoms with E-state index in [1.54, 1.807) is 33.9 Å². The van der Waals surface area contributed by atoms with Crippen LogP contribution in [0.15, 0.2) is 67.1 Å². The van der Waals surface area contributed by atoms with Crippen LogP contribution >= 0.6 is 11.6 Å². The van der Waals surface area contributed by atoms with Crippen LogP contribution < -0.4 is 5.32 Å². The van der Waals surface area contributed by atoms with Crippen molar-refractivity contribution in [1.29, 1.82) is 0 Å². The number of hydrogen-bond donors (Lipinski definition) is 1. The monoisotopic (exact) mass is 437 g/mol. The number of halogens is 2. The van der Waals surface area contributed by atoms with Crippen LogP contribution in [0.2, 0.25) is 5.02 Å². The summed E-state index contributed by atoms with van der Waals surface area (Å²) in [5.74, 6) is -0.531. The lowest BCUT2D eigenvalue weighted by Gasteiger charge is -2.13. The van der Waals surface area contributed by atoms with Crippen LogP contribution in [-0.2, 0) is 6.54 Å². The molecule has 2 aromatic carbocycles. The number of rotatable bonds is 6. The van der Waals surface area contributed by atoms with Gasteiger partial charge in [-0.2, -0.15) is 10.2 Å². The molecule has 0 aliphatic heterocycles. The molecule has 2 aromatic heterocycles. The third-order valence-electron chi connectivity index (χ3n) is 5.12. The molecule has 0 bridgehead atoms. The first kappa shape index (κ1) is 20.8. The molecule has 1 amide bonds. The highest BCUT2D eigenvalue weighted by Gasteiger charge is 2.18. The molecule has 0 radical (unpaired) electrons. The summed E-state index contributed by atoms with van der Waals surface area (Å²) in [5.41, 5.74) is 3.89. The maximum absolute atomic E-state index is 13.2. The number of benzene rings is 2. The number of carbonyl (C=O) groups is 1. The van der Waals surface area contributed by atoms with Gasteiger partial charge in [-0.25, -0.2) is 9.07 Å². The molecule has 0 aliphatic carbocycles. The van der Waals surface area contributed by atoms with E-state index in [0.717, 1.165) is 22.5 Å². The maximum atomic E-state index is 13.2. The van der Waals surface area contributed by atoms with Crippen molar-refractivity contribution in [2.24, 2.45) is 0 Å². The van der Waals surface area contributed by atoms with Crippen molar-refractivity contribution < 1.29 is 9.18 Å². The fourth-order valence-electron chi connectivity index (χ4n) is 3.42. The van der Waals surface area contributed by atoms with Gasteiger partial charge in [0.1, 0.15) is 5.82 Å². The molecule has 2 heterocycles. The van der Waals surface area contributed by atoms with E-state index < -0.39 is 0 Å². The van der Waals surface area contributed by atoms with Gasteiger partial charge in [-0.15, -0.1) is 0 Å². The van der Waals surface area contributed by atoms with Gasteiger partial charge in [-0.05, 0) is 49.7 Å². The number of aromatic nitrogens is 4. The molecule has 1 unspecified atom stereocenters. The summed E-state index contributed by atoms with van der Waals surface area (Å²) < 4.78 is 16.6. The predicted molar refractivity (Wildman–Crippen MR) is 117 cm³/mol. The van der Waals surface area contributed by atoms with E-state index >= 15 is 0 Å². The molecule has 158 valence electrons. The lowest BCUT2D eigenvalue weighted by molar-refractivity contribution is 0.0939. The van der Waals surface area contributed by atoms with Crippen molar-refractivity contribution in [3.05, 3.63) is 100 Å². The maximum Gasteiger partial charge on any atom is 0.254 e. The van der Waals surface area contributed by atoms with Crippen LogP contribution in [0.5, 0.6) is 0 Å². The standard InChI is InChI=1S/C23H21ClFN5O/c1-15(21-12-27-30(16(21)2)20-9-7-19(25)8-10-20)28-23(31)18-11-26-29(14-18)13-17-5-3-4-6-22(17)24/h3-12,14-15H,13H2,1-2H3,(H,28,31).